The summed E-state index contributed by atoms with van der Waals surface area (Å²) >= 11 is 1.77. The summed E-state index contributed by atoms with van der Waals surface area (Å²) in [6, 6.07) is 0.125. The number of hydrogen-bond donors (Lipinski definition) is 1. The van der Waals surface area contributed by atoms with Gasteiger partial charge in [0.2, 0.25) is 0 Å². The van der Waals surface area contributed by atoms with E-state index in [1.807, 2.05) is 6.92 Å². The molecule has 94 valence electrons. The van der Waals surface area contributed by atoms with Crippen molar-refractivity contribution in [2.75, 3.05) is 26.3 Å². The molecule has 0 aliphatic carbocycles. The summed E-state index contributed by atoms with van der Waals surface area (Å²) in [5.41, 5.74) is 6.79. The lowest BCUT2D eigenvalue weighted by molar-refractivity contribution is 0.0526. The van der Waals surface area contributed by atoms with Gasteiger partial charge in [-0.25, -0.2) is 0 Å². The second-order valence-electron chi connectivity index (χ2n) is 4.24. The van der Waals surface area contributed by atoms with Crippen LogP contribution in [-0.2, 0) is 4.74 Å². The monoisotopic (exact) mass is 253 g/mol. The van der Waals surface area contributed by atoms with Gasteiger partial charge in [0.15, 0.2) is 0 Å². The van der Waals surface area contributed by atoms with Crippen LogP contribution in [0.1, 0.15) is 6.92 Å². The predicted octanol–water partition coefficient (Wildman–Crippen LogP) is 1.21. The molecule has 0 aromatic carbocycles. The normalized spacial score (nSPS) is 29.7. The van der Waals surface area contributed by atoms with Gasteiger partial charge in [-0.1, -0.05) is 12.7 Å². The van der Waals surface area contributed by atoms with E-state index >= 15 is 0 Å². The molecule has 0 aromatic heterocycles. The molecular weight excluding hydrogens is 234 g/mol. The molecule has 0 saturated carbocycles. The topological polar surface area (TPSA) is 50.8 Å². The minimum atomic E-state index is 0.125. The first-order chi connectivity index (χ1) is 8.18. The second-order valence-corrected chi connectivity index (χ2v) is 5.29. The molecule has 2 atom stereocenters. The van der Waals surface area contributed by atoms with Crippen LogP contribution in [0.4, 0.5) is 0 Å². The van der Waals surface area contributed by atoms with Gasteiger partial charge in [-0.15, -0.1) is 11.8 Å². The molecule has 2 heterocycles. The summed E-state index contributed by atoms with van der Waals surface area (Å²) in [7, 11) is 0. The van der Waals surface area contributed by atoms with E-state index in [2.05, 4.69) is 28.0 Å². The van der Waals surface area contributed by atoms with Crippen LogP contribution in [0.25, 0.3) is 0 Å². The van der Waals surface area contributed by atoms with Crippen molar-refractivity contribution in [1.82, 2.24) is 4.90 Å². The van der Waals surface area contributed by atoms with Gasteiger partial charge in [-0.3, -0.25) is 4.99 Å². The zero-order valence-electron chi connectivity index (χ0n) is 10.1. The summed E-state index contributed by atoms with van der Waals surface area (Å²) in [5.74, 6) is 0.627. The van der Waals surface area contributed by atoms with Gasteiger partial charge in [0.1, 0.15) is 0 Å². The highest BCUT2D eigenvalue weighted by atomic mass is 32.2. The lowest BCUT2D eigenvalue weighted by Gasteiger charge is -2.34. The van der Waals surface area contributed by atoms with Crippen molar-refractivity contribution in [3.63, 3.8) is 0 Å². The van der Waals surface area contributed by atoms with E-state index in [1.54, 1.807) is 11.8 Å². The first-order valence-electron chi connectivity index (χ1n) is 5.82. The fourth-order valence-electron chi connectivity index (χ4n) is 2.04. The van der Waals surface area contributed by atoms with Gasteiger partial charge in [0.25, 0.3) is 0 Å². The summed E-state index contributed by atoms with van der Waals surface area (Å²) in [6.07, 6.45) is 2.09. The van der Waals surface area contributed by atoms with Crippen LogP contribution >= 0.6 is 11.8 Å². The van der Waals surface area contributed by atoms with E-state index in [1.165, 1.54) is 0 Å². The van der Waals surface area contributed by atoms with E-state index in [9.17, 15) is 0 Å². The number of nitrogens with two attached hydrogens (primary N) is 1. The van der Waals surface area contributed by atoms with Gasteiger partial charge < -0.3 is 15.4 Å². The number of hydrogen-bond acceptors (Lipinski definition) is 4. The Balaban J connectivity index is 2.01. The number of nitrogens with zero attached hydrogens (tertiary/aromatic N) is 2. The standard InChI is InChI=1S/C12H19N3OS/c1-9(15-4-6-16-7-5-15)12-11(3-8-17-12)14-10(2)13/h3,8,11-12H,1,4-7H2,2H3,(H2,13,14). The molecule has 0 aromatic rings. The van der Waals surface area contributed by atoms with Crippen LogP contribution in [0.15, 0.2) is 28.8 Å². The Morgan fingerprint density at radius 1 is 1.53 bits per heavy atom. The van der Waals surface area contributed by atoms with Gasteiger partial charge in [-0.2, -0.15) is 0 Å². The summed E-state index contributed by atoms with van der Waals surface area (Å²) in [4.78, 5) is 6.74. The van der Waals surface area contributed by atoms with Gasteiger partial charge in [0, 0.05) is 18.8 Å². The number of aliphatic imine (C=N–C) groups is 1. The zero-order chi connectivity index (χ0) is 12.3. The molecule has 0 radical (unpaired) electrons. The maximum Gasteiger partial charge on any atom is 0.0913 e. The number of morpholine rings is 1. The van der Waals surface area contributed by atoms with E-state index in [4.69, 9.17) is 10.5 Å². The minimum absolute atomic E-state index is 0.125. The van der Waals surface area contributed by atoms with Crippen molar-refractivity contribution in [2.45, 2.75) is 18.2 Å². The Kier molecular flexibility index (Phi) is 4.12. The molecule has 5 heteroatoms. The Bertz CT molecular complexity index is 344. The third kappa shape index (κ3) is 3.04. The van der Waals surface area contributed by atoms with Crippen LogP contribution in [0.5, 0.6) is 0 Å². The van der Waals surface area contributed by atoms with Crippen molar-refractivity contribution in [3.05, 3.63) is 23.8 Å². The van der Waals surface area contributed by atoms with Crippen LogP contribution in [0.2, 0.25) is 0 Å². The SMILES string of the molecule is C=C(C1SC=CC1N=C(C)N)N1CCOCC1. The van der Waals surface area contributed by atoms with E-state index < -0.39 is 0 Å². The maximum absolute atomic E-state index is 5.66. The van der Waals surface area contributed by atoms with Gasteiger partial charge in [0.05, 0.1) is 30.3 Å². The van der Waals surface area contributed by atoms with E-state index in [-0.39, 0.29) is 11.3 Å². The Morgan fingerprint density at radius 2 is 2.24 bits per heavy atom. The number of thioether (sulfide) groups is 1. The number of ether oxygens (including phenoxy) is 1. The lowest BCUT2D eigenvalue weighted by Crippen LogP contribution is -2.40. The molecule has 2 aliphatic heterocycles. The van der Waals surface area contributed by atoms with Crippen LogP contribution < -0.4 is 5.73 Å². The molecule has 0 amide bonds. The summed E-state index contributed by atoms with van der Waals surface area (Å²) in [6.45, 7) is 9.46. The van der Waals surface area contributed by atoms with Crippen molar-refractivity contribution in [2.24, 2.45) is 10.7 Å². The molecule has 2 rings (SSSR count). The van der Waals surface area contributed by atoms with Crippen LogP contribution in [-0.4, -0.2) is 48.3 Å². The molecular formula is C12H19N3OS. The first kappa shape index (κ1) is 12.5. The van der Waals surface area contributed by atoms with Gasteiger partial charge >= 0.3 is 0 Å². The molecule has 1 fully saturated rings. The average Bonchev–Trinajstić information content (AvgIpc) is 2.76. The minimum Gasteiger partial charge on any atom is -0.388 e. The molecule has 2 unspecified atom stereocenters. The molecule has 0 spiro atoms. The number of rotatable bonds is 3. The smallest absolute Gasteiger partial charge is 0.0913 e. The Morgan fingerprint density at radius 3 is 2.88 bits per heavy atom. The van der Waals surface area contributed by atoms with Crippen molar-refractivity contribution in [1.29, 1.82) is 0 Å². The second kappa shape index (κ2) is 5.60. The largest absolute Gasteiger partial charge is 0.388 e. The molecule has 0 bridgehead atoms. The number of amidine groups is 1. The fraction of sp³-hybridized carbons (Fsp3) is 0.583. The quantitative estimate of drug-likeness (QED) is 0.607. The Labute approximate surface area is 107 Å². The highest BCUT2D eigenvalue weighted by Gasteiger charge is 2.29. The Hall–Kier alpha value is -0.940. The summed E-state index contributed by atoms with van der Waals surface area (Å²) in [5, 5.41) is 2.37. The zero-order valence-corrected chi connectivity index (χ0v) is 10.9. The highest BCUT2D eigenvalue weighted by molar-refractivity contribution is 8.03. The maximum atomic E-state index is 5.66. The van der Waals surface area contributed by atoms with E-state index in [0.29, 0.717) is 5.84 Å². The summed E-state index contributed by atoms with van der Waals surface area (Å²) < 4.78 is 5.35. The predicted molar refractivity (Wildman–Crippen MR) is 73.1 cm³/mol. The van der Waals surface area contributed by atoms with Crippen LogP contribution in [0, 0.1) is 0 Å². The lowest BCUT2D eigenvalue weighted by atomic mass is 10.1. The molecule has 2 aliphatic rings. The van der Waals surface area contributed by atoms with Crippen LogP contribution in [0.3, 0.4) is 0 Å². The third-order valence-electron chi connectivity index (χ3n) is 2.91. The van der Waals surface area contributed by atoms with Crippen molar-refractivity contribution >= 4 is 17.6 Å². The molecule has 17 heavy (non-hydrogen) atoms. The third-order valence-corrected chi connectivity index (χ3v) is 4.07. The molecule has 4 nitrogen and oxygen atoms in total. The highest BCUT2D eigenvalue weighted by Crippen LogP contribution is 2.33. The fourth-order valence-corrected chi connectivity index (χ4v) is 3.08. The average molecular weight is 253 g/mol. The van der Waals surface area contributed by atoms with Crippen molar-refractivity contribution in [3.8, 4) is 0 Å². The van der Waals surface area contributed by atoms with Crippen molar-refractivity contribution < 1.29 is 4.74 Å². The van der Waals surface area contributed by atoms with E-state index in [0.717, 1.165) is 32.0 Å². The molecule has 1 saturated heterocycles. The first-order valence-corrected chi connectivity index (χ1v) is 6.76. The van der Waals surface area contributed by atoms with Gasteiger partial charge in [-0.05, 0) is 12.3 Å². The molecule has 2 N–H and O–H groups in total.